The predicted molar refractivity (Wildman–Crippen MR) is 57.7 cm³/mol. The number of amides is 1. The van der Waals surface area contributed by atoms with Gasteiger partial charge in [0.05, 0.1) is 5.69 Å². The lowest BCUT2D eigenvalue weighted by atomic mass is 10.3. The number of nitrogens with two attached hydrogens (primary N) is 1. The van der Waals surface area contributed by atoms with Gasteiger partial charge in [0.1, 0.15) is 0 Å². The molecule has 0 aliphatic carbocycles. The highest BCUT2D eigenvalue weighted by atomic mass is 16.6. The maximum absolute atomic E-state index is 11.6. The first kappa shape index (κ1) is 9.83. The van der Waals surface area contributed by atoms with Crippen LogP contribution in [0.3, 0.4) is 0 Å². The minimum absolute atomic E-state index is 0.301. The first-order chi connectivity index (χ1) is 7.27. The summed E-state index contributed by atoms with van der Waals surface area (Å²) < 4.78 is 5.19. The highest BCUT2D eigenvalue weighted by Crippen LogP contribution is 2.21. The number of ether oxygens (including phenoxy) is 1. The third-order valence-electron chi connectivity index (χ3n) is 2.48. The molecule has 1 aromatic rings. The second-order valence-electron chi connectivity index (χ2n) is 3.60. The Bertz CT molecular complexity index is 359. The van der Waals surface area contributed by atoms with Gasteiger partial charge in [0, 0.05) is 13.1 Å². The second-order valence-corrected chi connectivity index (χ2v) is 3.60. The van der Waals surface area contributed by atoms with Gasteiger partial charge in [-0.2, -0.15) is 0 Å². The van der Waals surface area contributed by atoms with Crippen LogP contribution in [0.4, 0.5) is 10.5 Å². The molecule has 0 spiro atoms. The molecule has 0 bridgehead atoms. The first-order valence-electron chi connectivity index (χ1n) is 5.08. The van der Waals surface area contributed by atoms with Gasteiger partial charge in [-0.1, -0.05) is 12.1 Å². The molecule has 1 saturated heterocycles. The second kappa shape index (κ2) is 4.21. The molecule has 1 fully saturated rings. The molecule has 1 aliphatic heterocycles. The van der Waals surface area contributed by atoms with Crippen molar-refractivity contribution in [3.63, 3.8) is 0 Å². The third kappa shape index (κ3) is 2.21. The molecule has 4 nitrogen and oxygen atoms in total. The van der Waals surface area contributed by atoms with Gasteiger partial charge in [0.15, 0.2) is 5.75 Å². The molecular weight excluding hydrogens is 192 g/mol. The first-order valence-corrected chi connectivity index (χ1v) is 5.08. The number of rotatable bonds is 1. The van der Waals surface area contributed by atoms with Crippen LogP contribution in [0.15, 0.2) is 24.3 Å². The topological polar surface area (TPSA) is 55.6 Å². The fraction of sp³-hybridized carbons (Fsp3) is 0.364. The molecule has 2 N–H and O–H groups in total. The molecule has 15 heavy (non-hydrogen) atoms. The number of hydrogen-bond acceptors (Lipinski definition) is 3. The molecule has 4 heteroatoms. The van der Waals surface area contributed by atoms with Crippen LogP contribution < -0.4 is 10.5 Å². The molecule has 0 saturated carbocycles. The number of carbonyl (C=O) groups excluding carboxylic acids is 1. The van der Waals surface area contributed by atoms with Crippen LogP contribution in [0.2, 0.25) is 0 Å². The summed E-state index contributed by atoms with van der Waals surface area (Å²) in [5.41, 5.74) is 6.16. The molecule has 2 rings (SSSR count). The molecular formula is C11H14N2O2. The minimum atomic E-state index is -0.301. The third-order valence-corrected chi connectivity index (χ3v) is 2.48. The minimum Gasteiger partial charge on any atom is -0.408 e. The summed E-state index contributed by atoms with van der Waals surface area (Å²) in [4.78, 5) is 13.3. The highest BCUT2D eigenvalue weighted by molar-refractivity contribution is 5.73. The van der Waals surface area contributed by atoms with Crippen molar-refractivity contribution in [1.82, 2.24) is 4.90 Å². The Balaban J connectivity index is 2.02. The van der Waals surface area contributed by atoms with E-state index in [9.17, 15) is 4.79 Å². The van der Waals surface area contributed by atoms with Crippen LogP contribution in [0.5, 0.6) is 5.75 Å². The molecule has 0 radical (unpaired) electrons. The average Bonchev–Trinajstić information content (AvgIpc) is 2.74. The Morgan fingerprint density at radius 1 is 1.27 bits per heavy atom. The number of hydrogen-bond donors (Lipinski definition) is 1. The summed E-state index contributed by atoms with van der Waals surface area (Å²) in [7, 11) is 0. The zero-order chi connectivity index (χ0) is 10.7. The number of para-hydroxylation sites is 2. The Hall–Kier alpha value is -1.71. The van der Waals surface area contributed by atoms with Gasteiger partial charge in [0.2, 0.25) is 0 Å². The number of nitrogen functional groups attached to an aromatic ring is 1. The summed E-state index contributed by atoms with van der Waals surface area (Å²) in [6.07, 6.45) is 1.81. The number of benzene rings is 1. The molecule has 1 aromatic carbocycles. The monoisotopic (exact) mass is 206 g/mol. The zero-order valence-corrected chi connectivity index (χ0v) is 8.48. The van der Waals surface area contributed by atoms with E-state index in [1.807, 2.05) is 6.07 Å². The van der Waals surface area contributed by atoms with Crippen LogP contribution in [0.25, 0.3) is 0 Å². The summed E-state index contributed by atoms with van der Waals surface area (Å²) in [6.45, 7) is 1.57. The van der Waals surface area contributed by atoms with E-state index in [-0.39, 0.29) is 6.09 Å². The number of likely N-dealkylation sites (tertiary alicyclic amines) is 1. The van der Waals surface area contributed by atoms with Crippen molar-refractivity contribution in [1.29, 1.82) is 0 Å². The predicted octanol–water partition coefficient (Wildman–Crippen LogP) is 1.86. The van der Waals surface area contributed by atoms with E-state index in [0.717, 1.165) is 25.9 Å². The lowest BCUT2D eigenvalue weighted by Gasteiger charge is -2.15. The maximum atomic E-state index is 11.6. The summed E-state index contributed by atoms with van der Waals surface area (Å²) in [6, 6.07) is 7.02. The van der Waals surface area contributed by atoms with E-state index in [4.69, 9.17) is 10.5 Å². The molecule has 1 heterocycles. The molecule has 0 unspecified atom stereocenters. The van der Waals surface area contributed by atoms with E-state index in [2.05, 4.69) is 0 Å². The highest BCUT2D eigenvalue weighted by Gasteiger charge is 2.20. The number of carbonyl (C=O) groups is 1. The van der Waals surface area contributed by atoms with Gasteiger partial charge in [-0.25, -0.2) is 4.79 Å². The SMILES string of the molecule is Nc1ccccc1OC(=O)N1CCCC1. The van der Waals surface area contributed by atoms with Crippen LogP contribution in [-0.2, 0) is 0 Å². The van der Waals surface area contributed by atoms with Gasteiger partial charge in [-0.15, -0.1) is 0 Å². The quantitative estimate of drug-likeness (QED) is 0.713. The van der Waals surface area contributed by atoms with E-state index < -0.39 is 0 Å². The standard InChI is InChI=1S/C11H14N2O2/c12-9-5-1-2-6-10(9)15-11(14)13-7-3-4-8-13/h1-2,5-6H,3-4,7-8,12H2. The normalized spacial score (nSPS) is 15.3. The van der Waals surface area contributed by atoms with Crippen molar-refractivity contribution in [2.24, 2.45) is 0 Å². The van der Waals surface area contributed by atoms with Crippen LogP contribution >= 0.6 is 0 Å². The Morgan fingerprint density at radius 2 is 1.93 bits per heavy atom. The fourth-order valence-electron chi connectivity index (χ4n) is 1.63. The Kier molecular flexibility index (Phi) is 2.76. The van der Waals surface area contributed by atoms with Crippen LogP contribution in [0.1, 0.15) is 12.8 Å². The smallest absolute Gasteiger partial charge is 0.408 e. The van der Waals surface area contributed by atoms with E-state index in [0.29, 0.717) is 11.4 Å². The number of anilines is 1. The van der Waals surface area contributed by atoms with Crippen molar-refractivity contribution in [3.05, 3.63) is 24.3 Å². The molecule has 80 valence electrons. The van der Waals surface area contributed by atoms with Crippen molar-refractivity contribution >= 4 is 11.8 Å². The largest absolute Gasteiger partial charge is 0.415 e. The zero-order valence-electron chi connectivity index (χ0n) is 8.48. The molecule has 1 amide bonds. The fourth-order valence-corrected chi connectivity index (χ4v) is 1.63. The lowest BCUT2D eigenvalue weighted by Crippen LogP contribution is -2.30. The molecule has 1 aliphatic rings. The van der Waals surface area contributed by atoms with E-state index in [1.54, 1.807) is 23.1 Å². The lowest BCUT2D eigenvalue weighted by molar-refractivity contribution is 0.163. The average molecular weight is 206 g/mol. The Morgan fingerprint density at radius 3 is 2.60 bits per heavy atom. The maximum Gasteiger partial charge on any atom is 0.415 e. The van der Waals surface area contributed by atoms with E-state index in [1.165, 1.54) is 0 Å². The summed E-state index contributed by atoms with van der Waals surface area (Å²) in [5.74, 6) is 0.439. The van der Waals surface area contributed by atoms with Gasteiger partial charge in [-0.05, 0) is 25.0 Å². The van der Waals surface area contributed by atoms with Gasteiger partial charge in [-0.3, -0.25) is 0 Å². The van der Waals surface area contributed by atoms with Gasteiger partial charge in [0.25, 0.3) is 0 Å². The summed E-state index contributed by atoms with van der Waals surface area (Å²) >= 11 is 0. The molecule has 0 atom stereocenters. The molecule has 0 aromatic heterocycles. The Labute approximate surface area is 88.6 Å². The summed E-state index contributed by atoms with van der Waals surface area (Å²) in [5, 5.41) is 0. The van der Waals surface area contributed by atoms with Crippen molar-refractivity contribution in [2.75, 3.05) is 18.8 Å². The van der Waals surface area contributed by atoms with Gasteiger partial charge < -0.3 is 15.4 Å². The van der Waals surface area contributed by atoms with Crippen LogP contribution in [-0.4, -0.2) is 24.1 Å². The van der Waals surface area contributed by atoms with Crippen molar-refractivity contribution in [3.8, 4) is 5.75 Å². The van der Waals surface area contributed by atoms with Crippen molar-refractivity contribution in [2.45, 2.75) is 12.8 Å². The number of nitrogens with zero attached hydrogens (tertiary/aromatic N) is 1. The van der Waals surface area contributed by atoms with E-state index >= 15 is 0 Å². The van der Waals surface area contributed by atoms with Crippen LogP contribution in [0, 0.1) is 0 Å². The van der Waals surface area contributed by atoms with Crippen molar-refractivity contribution < 1.29 is 9.53 Å². The van der Waals surface area contributed by atoms with Gasteiger partial charge >= 0.3 is 6.09 Å².